The zero-order valence-electron chi connectivity index (χ0n) is 13.1. The number of hydrogen-bond acceptors (Lipinski definition) is 4. The normalized spacial score (nSPS) is 10.4. The van der Waals surface area contributed by atoms with Gasteiger partial charge in [0.1, 0.15) is 11.5 Å². The van der Waals surface area contributed by atoms with Gasteiger partial charge in [-0.05, 0) is 20.2 Å². The Labute approximate surface area is 130 Å². The fourth-order valence-electron chi connectivity index (χ4n) is 1.62. The molecular formula is C14H22ClN3O3. The van der Waals surface area contributed by atoms with Gasteiger partial charge in [-0.15, -0.1) is 0 Å². The summed E-state index contributed by atoms with van der Waals surface area (Å²) in [4.78, 5) is 15.7. The molecule has 0 bridgehead atoms. The standard InChI is InChI=1S/C14H22ClN3O3/c1-17(2)6-7-18(3)14(19)16-11-8-10(15)12(20-4)9-13(11)21-5/h8-9H,6-7H2,1-5H3,(H,16,19). The smallest absolute Gasteiger partial charge is 0.321 e. The molecule has 0 spiro atoms. The van der Waals surface area contributed by atoms with Crippen molar-refractivity contribution in [3.63, 3.8) is 0 Å². The lowest BCUT2D eigenvalue weighted by Crippen LogP contribution is -2.36. The van der Waals surface area contributed by atoms with Crippen molar-refractivity contribution in [1.82, 2.24) is 9.80 Å². The number of carbonyl (C=O) groups excluding carboxylic acids is 1. The molecule has 0 fully saturated rings. The van der Waals surface area contributed by atoms with Crippen LogP contribution >= 0.6 is 11.6 Å². The molecular weight excluding hydrogens is 294 g/mol. The molecule has 7 heteroatoms. The number of hydrogen-bond donors (Lipinski definition) is 1. The van der Waals surface area contributed by atoms with Crippen LogP contribution in [0.4, 0.5) is 10.5 Å². The van der Waals surface area contributed by atoms with Gasteiger partial charge in [0, 0.05) is 26.2 Å². The minimum atomic E-state index is -0.226. The number of amides is 2. The maximum absolute atomic E-state index is 12.1. The summed E-state index contributed by atoms with van der Waals surface area (Å²) in [5.74, 6) is 0.984. The molecule has 0 aliphatic carbocycles. The van der Waals surface area contributed by atoms with E-state index in [4.69, 9.17) is 21.1 Å². The molecule has 0 saturated carbocycles. The number of methoxy groups -OCH3 is 2. The van der Waals surface area contributed by atoms with Gasteiger partial charge < -0.3 is 24.6 Å². The highest BCUT2D eigenvalue weighted by atomic mass is 35.5. The highest BCUT2D eigenvalue weighted by molar-refractivity contribution is 6.32. The summed E-state index contributed by atoms with van der Waals surface area (Å²) >= 11 is 6.07. The van der Waals surface area contributed by atoms with E-state index in [9.17, 15) is 4.79 Å². The van der Waals surface area contributed by atoms with E-state index in [0.717, 1.165) is 6.54 Å². The van der Waals surface area contributed by atoms with Gasteiger partial charge in [0.05, 0.1) is 24.9 Å². The molecule has 1 aromatic rings. The van der Waals surface area contributed by atoms with Crippen LogP contribution in [0.2, 0.25) is 5.02 Å². The molecule has 6 nitrogen and oxygen atoms in total. The largest absolute Gasteiger partial charge is 0.495 e. The molecule has 0 aliphatic heterocycles. The highest BCUT2D eigenvalue weighted by Crippen LogP contribution is 2.35. The Hall–Kier alpha value is -1.66. The van der Waals surface area contributed by atoms with Gasteiger partial charge in [0.25, 0.3) is 0 Å². The van der Waals surface area contributed by atoms with Crippen molar-refractivity contribution in [1.29, 1.82) is 0 Å². The topological polar surface area (TPSA) is 54.0 Å². The van der Waals surface area contributed by atoms with E-state index in [2.05, 4.69) is 5.32 Å². The SMILES string of the molecule is COc1cc(OC)c(NC(=O)N(C)CCN(C)C)cc1Cl. The van der Waals surface area contributed by atoms with Gasteiger partial charge in [0.2, 0.25) is 0 Å². The average Bonchev–Trinajstić information content (AvgIpc) is 2.44. The van der Waals surface area contributed by atoms with Crippen molar-refractivity contribution in [2.24, 2.45) is 0 Å². The zero-order chi connectivity index (χ0) is 16.0. The Kier molecular flexibility index (Phi) is 6.58. The first-order valence-electron chi connectivity index (χ1n) is 6.47. The Morgan fingerprint density at radius 3 is 2.29 bits per heavy atom. The van der Waals surface area contributed by atoms with E-state index >= 15 is 0 Å². The van der Waals surface area contributed by atoms with Gasteiger partial charge >= 0.3 is 6.03 Å². The maximum Gasteiger partial charge on any atom is 0.321 e. The monoisotopic (exact) mass is 315 g/mol. The summed E-state index contributed by atoms with van der Waals surface area (Å²) in [5.41, 5.74) is 0.505. The fourth-order valence-corrected chi connectivity index (χ4v) is 1.86. The Bertz CT molecular complexity index is 495. The van der Waals surface area contributed by atoms with Gasteiger partial charge in [-0.1, -0.05) is 11.6 Å². The third kappa shape index (κ3) is 4.99. The number of urea groups is 1. The van der Waals surface area contributed by atoms with Crippen LogP contribution in [0.1, 0.15) is 0 Å². The van der Waals surface area contributed by atoms with Gasteiger partial charge in [0.15, 0.2) is 0 Å². The zero-order valence-corrected chi connectivity index (χ0v) is 13.8. The van der Waals surface area contributed by atoms with Crippen LogP contribution in [0.25, 0.3) is 0 Å². The van der Waals surface area contributed by atoms with Crippen LogP contribution in [-0.2, 0) is 0 Å². The number of rotatable bonds is 6. The molecule has 0 radical (unpaired) electrons. The van der Waals surface area contributed by atoms with E-state index in [1.807, 2.05) is 19.0 Å². The molecule has 1 aromatic carbocycles. The molecule has 118 valence electrons. The number of ether oxygens (including phenoxy) is 2. The van der Waals surface area contributed by atoms with Crippen LogP contribution in [0.3, 0.4) is 0 Å². The lowest BCUT2D eigenvalue weighted by molar-refractivity contribution is 0.217. The summed E-state index contributed by atoms with van der Waals surface area (Å²) in [5, 5.41) is 3.19. The molecule has 1 rings (SSSR count). The maximum atomic E-state index is 12.1. The van der Waals surface area contributed by atoms with Crippen molar-refractivity contribution < 1.29 is 14.3 Å². The third-order valence-corrected chi connectivity index (χ3v) is 3.24. The molecule has 1 N–H and O–H groups in total. The second-order valence-electron chi connectivity index (χ2n) is 4.84. The number of benzene rings is 1. The second kappa shape index (κ2) is 7.95. The highest BCUT2D eigenvalue weighted by Gasteiger charge is 2.14. The lowest BCUT2D eigenvalue weighted by Gasteiger charge is -2.21. The quantitative estimate of drug-likeness (QED) is 0.875. The Morgan fingerprint density at radius 2 is 1.76 bits per heavy atom. The van der Waals surface area contributed by atoms with E-state index in [0.29, 0.717) is 28.8 Å². The first-order chi connectivity index (χ1) is 9.88. The van der Waals surface area contributed by atoms with Crippen molar-refractivity contribution in [2.45, 2.75) is 0 Å². The molecule has 0 aromatic heterocycles. The van der Waals surface area contributed by atoms with Crippen molar-refractivity contribution in [2.75, 3.05) is 53.8 Å². The first kappa shape index (κ1) is 17.4. The van der Waals surface area contributed by atoms with E-state index in [1.54, 1.807) is 24.1 Å². The van der Waals surface area contributed by atoms with Crippen LogP contribution < -0.4 is 14.8 Å². The molecule has 0 unspecified atom stereocenters. The second-order valence-corrected chi connectivity index (χ2v) is 5.25. The van der Waals surface area contributed by atoms with Crippen molar-refractivity contribution >= 4 is 23.3 Å². The van der Waals surface area contributed by atoms with Gasteiger partial charge in [-0.3, -0.25) is 0 Å². The lowest BCUT2D eigenvalue weighted by atomic mass is 10.2. The van der Waals surface area contributed by atoms with Crippen LogP contribution in [0, 0.1) is 0 Å². The number of nitrogens with zero attached hydrogens (tertiary/aromatic N) is 2. The molecule has 0 aliphatic rings. The number of likely N-dealkylation sites (N-methyl/N-ethyl adjacent to an activating group) is 2. The fraction of sp³-hybridized carbons (Fsp3) is 0.500. The number of halogens is 1. The molecule has 0 heterocycles. The Morgan fingerprint density at radius 1 is 1.14 bits per heavy atom. The van der Waals surface area contributed by atoms with Gasteiger partial charge in [-0.2, -0.15) is 0 Å². The van der Waals surface area contributed by atoms with Crippen LogP contribution in [-0.4, -0.2) is 64.3 Å². The van der Waals surface area contributed by atoms with Gasteiger partial charge in [-0.25, -0.2) is 4.79 Å². The number of anilines is 1. The summed E-state index contributed by atoms with van der Waals surface area (Å²) in [6.07, 6.45) is 0. The summed E-state index contributed by atoms with van der Waals surface area (Å²) in [7, 11) is 8.69. The summed E-state index contributed by atoms with van der Waals surface area (Å²) < 4.78 is 10.4. The number of nitrogens with one attached hydrogen (secondary N) is 1. The predicted octanol–water partition coefficient (Wildman–Crippen LogP) is 2.38. The third-order valence-electron chi connectivity index (χ3n) is 2.94. The molecule has 0 atom stereocenters. The molecule has 0 saturated heterocycles. The van der Waals surface area contributed by atoms with E-state index in [1.165, 1.54) is 14.2 Å². The predicted molar refractivity (Wildman–Crippen MR) is 84.8 cm³/mol. The van der Waals surface area contributed by atoms with Crippen molar-refractivity contribution in [3.8, 4) is 11.5 Å². The number of carbonyl (C=O) groups is 1. The van der Waals surface area contributed by atoms with Crippen LogP contribution in [0.15, 0.2) is 12.1 Å². The molecule has 21 heavy (non-hydrogen) atoms. The summed E-state index contributed by atoms with van der Waals surface area (Å²) in [6.45, 7) is 1.40. The summed E-state index contributed by atoms with van der Waals surface area (Å²) in [6, 6.07) is 3.02. The molecule has 2 amide bonds. The van der Waals surface area contributed by atoms with Crippen molar-refractivity contribution in [3.05, 3.63) is 17.2 Å². The van der Waals surface area contributed by atoms with E-state index in [-0.39, 0.29) is 6.03 Å². The minimum Gasteiger partial charge on any atom is -0.495 e. The Balaban J connectivity index is 2.82. The first-order valence-corrected chi connectivity index (χ1v) is 6.85. The minimum absolute atomic E-state index is 0.226. The van der Waals surface area contributed by atoms with Crippen LogP contribution in [0.5, 0.6) is 11.5 Å². The average molecular weight is 316 g/mol. The van der Waals surface area contributed by atoms with E-state index < -0.39 is 0 Å².